The van der Waals surface area contributed by atoms with Crippen molar-refractivity contribution in [3.63, 3.8) is 0 Å². The summed E-state index contributed by atoms with van der Waals surface area (Å²) in [5, 5.41) is 11.1. The molecule has 0 atom stereocenters. The van der Waals surface area contributed by atoms with Gasteiger partial charge in [-0.25, -0.2) is 9.18 Å². The molecular formula is C11H11BrFNO3. The monoisotopic (exact) mass is 303 g/mol. The van der Waals surface area contributed by atoms with Gasteiger partial charge in [0.15, 0.2) is 0 Å². The number of amides is 1. The third kappa shape index (κ3) is 3.26. The normalized spacial score (nSPS) is 11.1. The molecule has 0 aromatic heterocycles. The Labute approximate surface area is 106 Å². The smallest absolute Gasteiger partial charge is 0.328 e. The molecule has 0 aliphatic rings. The van der Waals surface area contributed by atoms with Crippen molar-refractivity contribution < 1.29 is 19.1 Å². The van der Waals surface area contributed by atoms with Crippen LogP contribution in [0.5, 0.6) is 0 Å². The maximum atomic E-state index is 13.2. The first-order valence-electron chi connectivity index (χ1n) is 4.75. The lowest BCUT2D eigenvalue weighted by Gasteiger charge is -2.20. The van der Waals surface area contributed by atoms with E-state index in [1.165, 1.54) is 26.0 Å². The van der Waals surface area contributed by atoms with Crippen LogP contribution in [0, 0.1) is 5.82 Å². The Hall–Kier alpha value is -1.43. The fraction of sp³-hybridized carbons (Fsp3) is 0.273. The molecule has 0 bridgehead atoms. The van der Waals surface area contributed by atoms with Crippen molar-refractivity contribution >= 4 is 27.8 Å². The van der Waals surface area contributed by atoms with Gasteiger partial charge in [-0.2, -0.15) is 0 Å². The minimum atomic E-state index is -1.40. The summed E-state index contributed by atoms with van der Waals surface area (Å²) < 4.78 is 13.4. The van der Waals surface area contributed by atoms with E-state index in [0.717, 1.165) is 6.07 Å². The van der Waals surface area contributed by atoms with Crippen molar-refractivity contribution in [1.29, 1.82) is 0 Å². The summed E-state index contributed by atoms with van der Waals surface area (Å²) in [5.41, 5.74) is -1.33. The Morgan fingerprint density at radius 2 is 2.00 bits per heavy atom. The largest absolute Gasteiger partial charge is 0.480 e. The van der Waals surface area contributed by atoms with Crippen LogP contribution in [0.4, 0.5) is 4.39 Å². The summed E-state index contributed by atoms with van der Waals surface area (Å²) in [5.74, 6) is -2.38. The number of carbonyl (C=O) groups excluding carboxylic acids is 1. The number of rotatable bonds is 3. The van der Waals surface area contributed by atoms with Gasteiger partial charge in [0.05, 0.1) is 4.47 Å². The number of benzene rings is 1. The molecule has 0 spiro atoms. The number of carboxylic acid groups (broad SMARTS) is 1. The summed E-state index contributed by atoms with van der Waals surface area (Å²) in [6, 6.07) is 3.83. The Morgan fingerprint density at radius 1 is 1.41 bits per heavy atom. The average Bonchev–Trinajstić information content (AvgIpc) is 2.21. The molecule has 0 saturated heterocycles. The number of halogens is 2. The van der Waals surface area contributed by atoms with Gasteiger partial charge in [0.2, 0.25) is 0 Å². The zero-order valence-corrected chi connectivity index (χ0v) is 10.8. The van der Waals surface area contributed by atoms with Crippen molar-refractivity contribution in [3.05, 3.63) is 34.1 Å². The fourth-order valence-corrected chi connectivity index (χ4v) is 1.29. The minimum Gasteiger partial charge on any atom is -0.480 e. The zero-order chi connectivity index (χ0) is 13.2. The second-order valence-corrected chi connectivity index (χ2v) is 4.87. The summed E-state index contributed by atoms with van der Waals surface area (Å²) in [7, 11) is 0. The van der Waals surface area contributed by atoms with Gasteiger partial charge in [0, 0.05) is 5.56 Å². The quantitative estimate of drug-likeness (QED) is 0.899. The molecule has 1 aromatic rings. The highest BCUT2D eigenvalue weighted by Gasteiger charge is 2.29. The molecule has 17 heavy (non-hydrogen) atoms. The van der Waals surface area contributed by atoms with Crippen molar-refractivity contribution in [2.75, 3.05) is 0 Å². The van der Waals surface area contributed by atoms with Gasteiger partial charge >= 0.3 is 5.97 Å². The summed E-state index contributed by atoms with van der Waals surface area (Å²) >= 11 is 2.96. The van der Waals surface area contributed by atoms with Crippen LogP contribution >= 0.6 is 15.9 Å². The molecule has 0 fully saturated rings. The first kappa shape index (κ1) is 13.6. The Balaban J connectivity index is 2.91. The summed E-state index contributed by atoms with van der Waals surface area (Å²) in [6.07, 6.45) is 0. The first-order valence-corrected chi connectivity index (χ1v) is 5.54. The molecule has 1 rings (SSSR count). The predicted molar refractivity (Wildman–Crippen MR) is 63.3 cm³/mol. The summed E-state index contributed by atoms with van der Waals surface area (Å²) in [6.45, 7) is 2.70. The minimum absolute atomic E-state index is 0.0695. The highest BCUT2D eigenvalue weighted by Crippen LogP contribution is 2.16. The predicted octanol–water partition coefficient (Wildman–Crippen LogP) is 2.18. The second-order valence-electron chi connectivity index (χ2n) is 4.01. The maximum absolute atomic E-state index is 13.2. The average molecular weight is 304 g/mol. The van der Waals surface area contributed by atoms with Crippen molar-refractivity contribution in [2.45, 2.75) is 19.4 Å². The molecule has 0 radical (unpaired) electrons. The van der Waals surface area contributed by atoms with Crippen LogP contribution in [-0.2, 0) is 4.79 Å². The van der Waals surface area contributed by atoms with E-state index in [0.29, 0.717) is 0 Å². The van der Waals surface area contributed by atoms with Crippen LogP contribution in [0.1, 0.15) is 24.2 Å². The molecule has 4 nitrogen and oxygen atoms in total. The maximum Gasteiger partial charge on any atom is 0.328 e. The van der Waals surface area contributed by atoms with E-state index in [4.69, 9.17) is 5.11 Å². The molecule has 0 heterocycles. The highest BCUT2D eigenvalue weighted by molar-refractivity contribution is 9.10. The van der Waals surface area contributed by atoms with E-state index in [1.54, 1.807) is 0 Å². The van der Waals surface area contributed by atoms with Gasteiger partial charge in [0.1, 0.15) is 11.4 Å². The van der Waals surface area contributed by atoms with Crippen LogP contribution in [0.25, 0.3) is 0 Å². The second kappa shape index (κ2) is 4.83. The van der Waals surface area contributed by atoms with Crippen molar-refractivity contribution in [3.8, 4) is 0 Å². The van der Waals surface area contributed by atoms with Crippen LogP contribution in [0.2, 0.25) is 0 Å². The lowest BCUT2D eigenvalue weighted by atomic mass is 10.1. The van der Waals surface area contributed by atoms with E-state index in [9.17, 15) is 14.0 Å². The van der Waals surface area contributed by atoms with E-state index in [2.05, 4.69) is 21.2 Å². The van der Waals surface area contributed by atoms with Gasteiger partial charge in [0.25, 0.3) is 5.91 Å². The van der Waals surface area contributed by atoms with Gasteiger partial charge in [-0.15, -0.1) is 0 Å². The third-order valence-electron chi connectivity index (χ3n) is 2.14. The zero-order valence-electron chi connectivity index (χ0n) is 9.25. The van der Waals surface area contributed by atoms with E-state index >= 15 is 0 Å². The molecular weight excluding hydrogens is 293 g/mol. The van der Waals surface area contributed by atoms with Crippen LogP contribution in [0.15, 0.2) is 22.7 Å². The van der Waals surface area contributed by atoms with Crippen LogP contribution < -0.4 is 5.32 Å². The standard InChI is InChI=1S/C11H11BrFNO3/c1-11(2,10(16)17)14-9(15)6-3-4-7(12)8(13)5-6/h3-5H,1-2H3,(H,14,15)(H,16,17). The lowest BCUT2D eigenvalue weighted by Crippen LogP contribution is -2.49. The fourth-order valence-electron chi connectivity index (χ4n) is 1.05. The molecule has 6 heteroatoms. The van der Waals surface area contributed by atoms with Gasteiger partial charge in [-0.1, -0.05) is 0 Å². The van der Waals surface area contributed by atoms with Gasteiger partial charge in [-0.05, 0) is 48.0 Å². The van der Waals surface area contributed by atoms with E-state index in [-0.39, 0.29) is 10.0 Å². The molecule has 0 aliphatic carbocycles. The molecule has 2 N–H and O–H groups in total. The number of hydrogen-bond donors (Lipinski definition) is 2. The third-order valence-corrected chi connectivity index (χ3v) is 2.79. The molecule has 0 aliphatic heterocycles. The van der Waals surface area contributed by atoms with Crippen molar-refractivity contribution in [1.82, 2.24) is 5.32 Å². The lowest BCUT2D eigenvalue weighted by molar-refractivity contribution is -0.143. The Bertz CT molecular complexity index is 474. The topological polar surface area (TPSA) is 66.4 Å². The van der Waals surface area contributed by atoms with E-state index in [1.807, 2.05) is 0 Å². The Kier molecular flexibility index (Phi) is 3.87. The van der Waals surface area contributed by atoms with Crippen LogP contribution in [0.3, 0.4) is 0 Å². The number of carbonyl (C=O) groups is 2. The number of aliphatic carboxylic acids is 1. The SMILES string of the molecule is CC(C)(NC(=O)c1ccc(Br)c(F)c1)C(=O)O. The molecule has 1 aromatic carbocycles. The number of carboxylic acids is 1. The van der Waals surface area contributed by atoms with Gasteiger partial charge in [-0.3, -0.25) is 4.79 Å². The van der Waals surface area contributed by atoms with E-state index < -0.39 is 23.2 Å². The number of hydrogen-bond acceptors (Lipinski definition) is 2. The molecule has 0 saturated carbocycles. The Morgan fingerprint density at radius 3 is 2.47 bits per heavy atom. The highest BCUT2D eigenvalue weighted by atomic mass is 79.9. The van der Waals surface area contributed by atoms with Crippen LogP contribution in [-0.4, -0.2) is 22.5 Å². The molecule has 0 unspecified atom stereocenters. The number of nitrogens with one attached hydrogen (secondary N) is 1. The van der Waals surface area contributed by atoms with Gasteiger partial charge < -0.3 is 10.4 Å². The molecule has 1 amide bonds. The molecule has 92 valence electrons. The first-order chi connectivity index (χ1) is 7.74. The summed E-state index contributed by atoms with van der Waals surface area (Å²) in [4.78, 5) is 22.5. The van der Waals surface area contributed by atoms with Crippen molar-refractivity contribution in [2.24, 2.45) is 0 Å².